The smallest absolute Gasteiger partial charge is 0.255 e. The van der Waals surface area contributed by atoms with Gasteiger partial charge in [0.15, 0.2) is 0 Å². The molecule has 0 aliphatic heterocycles. The van der Waals surface area contributed by atoms with E-state index in [0.717, 1.165) is 4.47 Å². The van der Waals surface area contributed by atoms with Gasteiger partial charge in [-0.1, -0.05) is 17.7 Å². The summed E-state index contributed by atoms with van der Waals surface area (Å²) in [6.07, 6.45) is 0. The Morgan fingerprint density at radius 1 is 1.26 bits per heavy atom. The number of carbonyl (C=O) groups excluding carboxylic acids is 1. The number of amides is 1. The molecule has 0 spiro atoms. The third-order valence-corrected chi connectivity index (χ3v) is 3.40. The molecule has 98 valence electrons. The summed E-state index contributed by atoms with van der Waals surface area (Å²) >= 11 is 9.20. The first-order valence-electron chi connectivity index (χ1n) is 5.50. The van der Waals surface area contributed by atoms with E-state index in [2.05, 4.69) is 21.2 Å². The first-order chi connectivity index (χ1) is 9.10. The summed E-state index contributed by atoms with van der Waals surface area (Å²) < 4.78 is 5.82. The number of hydrogen-bond donors (Lipinski definition) is 1. The Bertz CT molecular complexity index is 616. The topological polar surface area (TPSA) is 38.3 Å². The summed E-state index contributed by atoms with van der Waals surface area (Å²) in [6.45, 7) is 0. The summed E-state index contributed by atoms with van der Waals surface area (Å²) in [5.41, 5.74) is 1.19. The van der Waals surface area contributed by atoms with E-state index in [-0.39, 0.29) is 5.91 Å². The fourth-order valence-corrected chi connectivity index (χ4v) is 2.33. The minimum absolute atomic E-state index is 0.207. The lowest BCUT2D eigenvalue weighted by atomic mass is 10.2. The number of nitrogens with one attached hydrogen (secondary N) is 1. The maximum absolute atomic E-state index is 12.1. The van der Waals surface area contributed by atoms with Gasteiger partial charge in [-0.05, 0) is 52.3 Å². The van der Waals surface area contributed by atoms with Gasteiger partial charge < -0.3 is 10.1 Å². The first kappa shape index (κ1) is 13.9. The zero-order chi connectivity index (χ0) is 13.8. The van der Waals surface area contributed by atoms with Crippen molar-refractivity contribution in [2.24, 2.45) is 0 Å². The van der Waals surface area contributed by atoms with Crippen LogP contribution >= 0.6 is 27.5 Å². The maximum atomic E-state index is 12.1. The van der Waals surface area contributed by atoms with E-state index in [1.807, 2.05) is 0 Å². The van der Waals surface area contributed by atoms with Gasteiger partial charge in [0, 0.05) is 15.1 Å². The summed E-state index contributed by atoms with van der Waals surface area (Å²) in [6, 6.07) is 12.1. The molecule has 2 rings (SSSR count). The van der Waals surface area contributed by atoms with E-state index in [1.54, 1.807) is 49.6 Å². The summed E-state index contributed by atoms with van der Waals surface area (Å²) in [7, 11) is 1.56. The molecule has 0 unspecified atom stereocenters. The quantitative estimate of drug-likeness (QED) is 0.901. The minimum atomic E-state index is -0.207. The highest BCUT2D eigenvalue weighted by Crippen LogP contribution is 2.26. The van der Waals surface area contributed by atoms with Gasteiger partial charge in [0.2, 0.25) is 0 Å². The normalized spacial score (nSPS) is 10.1. The van der Waals surface area contributed by atoms with Crippen molar-refractivity contribution < 1.29 is 9.53 Å². The van der Waals surface area contributed by atoms with Crippen molar-refractivity contribution in [3.8, 4) is 5.75 Å². The third-order valence-electron chi connectivity index (χ3n) is 2.51. The predicted molar refractivity (Wildman–Crippen MR) is 80.1 cm³/mol. The number of carbonyl (C=O) groups is 1. The number of halogens is 2. The zero-order valence-electron chi connectivity index (χ0n) is 10.1. The monoisotopic (exact) mass is 339 g/mol. The van der Waals surface area contributed by atoms with Crippen LogP contribution < -0.4 is 10.1 Å². The minimum Gasteiger partial charge on any atom is -0.497 e. The van der Waals surface area contributed by atoms with Crippen LogP contribution in [0.1, 0.15) is 10.4 Å². The maximum Gasteiger partial charge on any atom is 0.255 e. The predicted octanol–water partition coefficient (Wildman–Crippen LogP) is 4.36. The van der Waals surface area contributed by atoms with Crippen LogP contribution in [0.5, 0.6) is 5.75 Å². The van der Waals surface area contributed by atoms with Crippen LogP contribution in [0, 0.1) is 0 Å². The second-order valence-electron chi connectivity index (χ2n) is 3.81. The average Bonchev–Trinajstić information content (AvgIpc) is 2.42. The second-order valence-corrected chi connectivity index (χ2v) is 5.10. The van der Waals surface area contributed by atoms with E-state index in [1.165, 1.54) is 0 Å². The molecule has 0 heterocycles. The van der Waals surface area contributed by atoms with E-state index < -0.39 is 0 Å². The molecule has 1 amide bonds. The average molecular weight is 341 g/mol. The molecule has 19 heavy (non-hydrogen) atoms. The number of ether oxygens (including phenoxy) is 1. The van der Waals surface area contributed by atoms with Crippen LogP contribution in [0.3, 0.4) is 0 Å². The van der Waals surface area contributed by atoms with Crippen LogP contribution in [-0.4, -0.2) is 13.0 Å². The van der Waals surface area contributed by atoms with Gasteiger partial charge >= 0.3 is 0 Å². The number of benzene rings is 2. The van der Waals surface area contributed by atoms with Gasteiger partial charge in [-0.25, -0.2) is 0 Å². The fourth-order valence-electron chi connectivity index (χ4n) is 1.55. The van der Waals surface area contributed by atoms with Crippen molar-refractivity contribution in [2.45, 2.75) is 0 Å². The number of anilines is 1. The largest absolute Gasteiger partial charge is 0.497 e. The lowest BCUT2D eigenvalue weighted by Gasteiger charge is -2.08. The van der Waals surface area contributed by atoms with E-state index >= 15 is 0 Å². The molecule has 2 aromatic carbocycles. The number of hydrogen-bond acceptors (Lipinski definition) is 2. The van der Waals surface area contributed by atoms with Crippen LogP contribution in [0.25, 0.3) is 0 Å². The molecule has 0 aliphatic carbocycles. The van der Waals surface area contributed by atoms with Crippen LogP contribution in [-0.2, 0) is 0 Å². The van der Waals surface area contributed by atoms with E-state index in [4.69, 9.17) is 16.3 Å². The SMILES string of the molecule is COc1cccc(C(=O)Nc2ccc(Cl)cc2Br)c1. The molecule has 5 heteroatoms. The Hall–Kier alpha value is -1.52. The van der Waals surface area contributed by atoms with Gasteiger partial charge in [0.1, 0.15) is 5.75 Å². The van der Waals surface area contributed by atoms with Gasteiger partial charge in [-0.2, -0.15) is 0 Å². The van der Waals surface area contributed by atoms with Crippen molar-refractivity contribution in [3.63, 3.8) is 0 Å². The van der Waals surface area contributed by atoms with Gasteiger partial charge in [0.25, 0.3) is 5.91 Å². The highest BCUT2D eigenvalue weighted by molar-refractivity contribution is 9.10. The van der Waals surface area contributed by atoms with Crippen LogP contribution in [0.2, 0.25) is 5.02 Å². The van der Waals surface area contributed by atoms with Gasteiger partial charge in [-0.15, -0.1) is 0 Å². The van der Waals surface area contributed by atoms with Crippen molar-refractivity contribution in [1.29, 1.82) is 0 Å². The lowest BCUT2D eigenvalue weighted by molar-refractivity contribution is 0.102. The third kappa shape index (κ3) is 3.49. The molecule has 1 N–H and O–H groups in total. The standard InChI is InChI=1S/C14H11BrClNO2/c1-19-11-4-2-3-9(7-11)14(18)17-13-6-5-10(16)8-12(13)15/h2-8H,1H3,(H,17,18). The van der Waals surface area contributed by atoms with Crippen LogP contribution in [0.4, 0.5) is 5.69 Å². The van der Waals surface area contributed by atoms with Crippen molar-refractivity contribution in [3.05, 3.63) is 57.5 Å². The number of rotatable bonds is 3. The van der Waals surface area contributed by atoms with Gasteiger partial charge in [0.05, 0.1) is 12.8 Å². The molecule has 0 aromatic heterocycles. The summed E-state index contributed by atoms with van der Waals surface area (Å²) in [5, 5.41) is 3.41. The molecule has 0 saturated carbocycles. The molecule has 0 radical (unpaired) electrons. The highest BCUT2D eigenvalue weighted by atomic mass is 79.9. The molecule has 0 atom stereocenters. The molecule has 0 saturated heterocycles. The van der Waals surface area contributed by atoms with Crippen molar-refractivity contribution in [1.82, 2.24) is 0 Å². The first-order valence-corrected chi connectivity index (χ1v) is 6.67. The van der Waals surface area contributed by atoms with Crippen LogP contribution in [0.15, 0.2) is 46.9 Å². The summed E-state index contributed by atoms with van der Waals surface area (Å²) in [4.78, 5) is 12.1. The Morgan fingerprint density at radius 2 is 2.05 bits per heavy atom. The molecule has 0 fully saturated rings. The van der Waals surface area contributed by atoms with Crippen molar-refractivity contribution >= 4 is 39.1 Å². The van der Waals surface area contributed by atoms with Gasteiger partial charge in [-0.3, -0.25) is 4.79 Å². The molecular formula is C14H11BrClNO2. The molecule has 0 bridgehead atoms. The second kappa shape index (κ2) is 6.08. The summed E-state index contributed by atoms with van der Waals surface area (Å²) in [5.74, 6) is 0.435. The molecule has 3 nitrogen and oxygen atoms in total. The Balaban J connectivity index is 2.20. The van der Waals surface area contributed by atoms with E-state index in [0.29, 0.717) is 22.0 Å². The zero-order valence-corrected chi connectivity index (χ0v) is 12.5. The molecular weight excluding hydrogens is 330 g/mol. The molecule has 2 aromatic rings. The lowest BCUT2D eigenvalue weighted by Crippen LogP contribution is -2.12. The Morgan fingerprint density at radius 3 is 2.74 bits per heavy atom. The van der Waals surface area contributed by atoms with E-state index in [9.17, 15) is 4.79 Å². The Labute approximate surface area is 124 Å². The molecule has 0 aliphatic rings. The highest BCUT2D eigenvalue weighted by Gasteiger charge is 2.09. The Kier molecular flexibility index (Phi) is 4.45. The number of methoxy groups -OCH3 is 1. The van der Waals surface area contributed by atoms with Crippen molar-refractivity contribution in [2.75, 3.05) is 12.4 Å². The fraction of sp³-hybridized carbons (Fsp3) is 0.0714.